The molecule has 0 aromatic carbocycles. The van der Waals surface area contributed by atoms with Gasteiger partial charge in [0.2, 0.25) is 0 Å². The summed E-state index contributed by atoms with van der Waals surface area (Å²) in [4.78, 5) is 18.5. The molecule has 1 atom stereocenters. The van der Waals surface area contributed by atoms with Crippen LogP contribution in [-0.4, -0.2) is 21.6 Å². The van der Waals surface area contributed by atoms with Gasteiger partial charge in [-0.25, -0.2) is 4.79 Å². The molecule has 1 amide bonds. The Kier molecular flexibility index (Phi) is 3.52. The fourth-order valence-electron chi connectivity index (χ4n) is 2.45. The molecule has 4 heteroatoms. The summed E-state index contributed by atoms with van der Waals surface area (Å²) in [6.45, 7) is 10.4. The van der Waals surface area contributed by atoms with Crippen molar-refractivity contribution in [3.63, 3.8) is 0 Å². The van der Waals surface area contributed by atoms with Crippen molar-refractivity contribution in [3.8, 4) is 0 Å². The molecule has 0 saturated heterocycles. The molecule has 1 aliphatic rings. The van der Waals surface area contributed by atoms with E-state index in [2.05, 4.69) is 18.8 Å². The quantitative estimate of drug-likeness (QED) is 0.777. The van der Waals surface area contributed by atoms with E-state index in [0.29, 0.717) is 12.5 Å². The third-order valence-corrected chi connectivity index (χ3v) is 3.14. The van der Waals surface area contributed by atoms with Crippen LogP contribution in [-0.2, 0) is 11.3 Å². The zero-order valence-corrected chi connectivity index (χ0v) is 12.3. The van der Waals surface area contributed by atoms with Gasteiger partial charge in [0, 0.05) is 6.20 Å². The zero-order chi connectivity index (χ0) is 14.2. The van der Waals surface area contributed by atoms with Crippen molar-refractivity contribution in [1.82, 2.24) is 9.88 Å². The number of carbonyl (C=O) groups is 1. The van der Waals surface area contributed by atoms with Gasteiger partial charge in [-0.3, -0.25) is 9.88 Å². The van der Waals surface area contributed by atoms with Crippen molar-refractivity contribution in [1.29, 1.82) is 0 Å². The van der Waals surface area contributed by atoms with Crippen molar-refractivity contribution >= 4 is 6.09 Å². The van der Waals surface area contributed by atoms with Crippen LogP contribution in [0.4, 0.5) is 4.79 Å². The maximum atomic E-state index is 12.3. The number of carbonyl (C=O) groups excluding carboxylic acids is 1. The number of ether oxygens (including phenoxy) is 1. The Balaban J connectivity index is 2.26. The van der Waals surface area contributed by atoms with Crippen molar-refractivity contribution < 1.29 is 9.53 Å². The molecule has 1 aromatic heterocycles. The van der Waals surface area contributed by atoms with Crippen molar-refractivity contribution in [3.05, 3.63) is 29.6 Å². The topological polar surface area (TPSA) is 42.4 Å². The molecule has 4 nitrogen and oxygen atoms in total. The minimum atomic E-state index is -0.471. The van der Waals surface area contributed by atoms with Crippen LogP contribution in [0.1, 0.15) is 51.9 Å². The number of fused-ring (bicyclic) bond motifs is 1. The van der Waals surface area contributed by atoms with Gasteiger partial charge in [-0.2, -0.15) is 0 Å². The molecule has 0 bridgehead atoms. The highest BCUT2D eigenvalue weighted by molar-refractivity contribution is 5.70. The first-order chi connectivity index (χ1) is 8.79. The predicted molar refractivity (Wildman–Crippen MR) is 73.6 cm³/mol. The third kappa shape index (κ3) is 2.88. The molecule has 0 N–H and O–H groups in total. The highest BCUT2D eigenvalue weighted by Gasteiger charge is 2.38. The van der Waals surface area contributed by atoms with Gasteiger partial charge in [-0.15, -0.1) is 0 Å². The normalized spacial score (nSPS) is 18.6. The molecule has 0 saturated carbocycles. The molecule has 104 valence electrons. The van der Waals surface area contributed by atoms with E-state index in [0.717, 1.165) is 11.3 Å². The predicted octanol–water partition coefficient (Wildman–Crippen LogP) is 3.53. The van der Waals surface area contributed by atoms with Crippen molar-refractivity contribution in [2.75, 3.05) is 0 Å². The van der Waals surface area contributed by atoms with E-state index >= 15 is 0 Å². The van der Waals surface area contributed by atoms with Crippen LogP contribution in [0.2, 0.25) is 0 Å². The monoisotopic (exact) mass is 262 g/mol. The smallest absolute Gasteiger partial charge is 0.411 e. The Morgan fingerprint density at radius 1 is 1.47 bits per heavy atom. The first kappa shape index (κ1) is 13.8. The molecule has 1 aromatic rings. The molecule has 0 spiro atoms. The summed E-state index contributed by atoms with van der Waals surface area (Å²) in [7, 11) is 0. The van der Waals surface area contributed by atoms with E-state index in [1.807, 2.05) is 32.9 Å². The minimum Gasteiger partial charge on any atom is -0.444 e. The Bertz CT molecular complexity index is 477. The van der Waals surface area contributed by atoms with E-state index in [-0.39, 0.29) is 12.1 Å². The van der Waals surface area contributed by atoms with Crippen LogP contribution in [0.15, 0.2) is 18.3 Å². The van der Waals surface area contributed by atoms with Crippen molar-refractivity contribution in [2.24, 2.45) is 5.92 Å². The number of aromatic nitrogens is 1. The van der Waals surface area contributed by atoms with Gasteiger partial charge in [0.05, 0.1) is 18.3 Å². The highest BCUT2D eigenvalue weighted by atomic mass is 16.6. The second kappa shape index (κ2) is 4.83. The number of hydrogen-bond acceptors (Lipinski definition) is 3. The summed E-state index contributed by atoms with van der Waals surface area (Å²) in [5, 5.41) is 0. The van der Waals surface area contributed by atoms with Crippen LogP contribution in [0, 0.1) is 5.92 Å². The fourth-order valence-corrected chi connectivity index (χ4v) is 2.45. The number of rotatable bonds is 1. The third-order valence-electron chi connectivity index (χ3n) is 3.14. The SMILES string of the molecule is CC(C)[C@H]1c2ncccc2CN1C(=O)OC(C)(C)C. The van der Waals surface area contributed by atoms with Crippen LogP contribution in [0.25, 0.3) is 0 Å². The average Bonchev–Trinajstić information content (AvgIpc) is 2.65. The van der Waals surface area contributed by atoms with Crippen LogP contribution in [0.5, 0.6) is 0 Å². The Morgan fingerprint density at radius 3 is 2.74 bits per heavy atom. The van der Waals surface area contributed by atoms with Gasteiger partial charge in [-0.1, -0.05) is 19.9 Å². The van der Waals surface area contributed by atoms with Crippen LogP contribution < -0.4 is 0 Å². The highest BCUT2D eigenvalue weighted by Crippen LogP contribution is 2.37. The van der Waals surface area contributed by atoms with Crippen LogP contribution in [0.3, 0.4) is 0 Å². The number of pyridine rings is 1. The lowest BCUT2D eigenvalue weighted by molar-refractivity contribution is 0.0124. The van der Waals surface area contributed by atoms with Gasteiger partial charge >= 0.3 is 6.09 Å². The molecule has 1 aliphatic heterocycles. The van der Waals surface area contributed by atoms with E-state index in [1.165, 1.54) is 0 Å². The van der Waals surface area contributed by atoms with Gasteiger partial charge in [0.25, 0.3) is 0 Å². The molecule has 2 heterocycles. The zero-order valence-electron chi connectivity index (χ0n) is 12.3. The Hall–Kier alpha value is -1.58. The van der Waals surface area contributed by atoms with Crippen molar-refractivity contribution in [2.45, 2.75) is 52.8 Å². The second-order valence-corrected chi connectivity index (χ2v) is 6.34. The largest absolute Gasteiger partial charge is 0.444 e. The van der Waals surface area contributed by atoms with Gasteiger partial charge in [0.15, 0.2) is 0 Å². The van der Waals surface area contributed by atoms with E-state index in [9.17, 15) is 4.79 Å². The first-order valence-electron chi connectivity index (χ1n) is 6.73. The lowest BCUT2D eigenvalue weighted by Crippen LogP contribution is -2.37. The lowest BCUT2D eigenvalue weighted by atomic mass is 10.0. The summed E-state index contributed by atoms with van der Waals surface area (Å²) in [6, 6.07) is 3.95. The van der Waals surface area contributed by atoms with Crippen LogP contribution >= 0.6 is 0 Å². The van der Waals surface area contributed by atoms with E-state index in [1.54, 1.807) is 11.1 Å². The van der Waals surface area contributed by atoms with E-state index < -0.39 is 5.60 Å². The summed E-state index contributed by atoms with van der Waals surface area (Å²) in [6.07, 6.45) is 1.52. The molecule has 0 aliphatic carbocycles. The lowest BCUT2D eigenvalue weighted by Gasteiger charge is -2.30. The maximum Gasteiger partial charge on any atom is 0.411 e. The molecule has 2 rings (SSSR count). The standard InChI is InChI=1S/C15H22N2O2/c1-10(2)13-12-11(7-6-8-16-12)9-17(13)14(18)19-15(3,4)5/h6-8,10,13H,9H2,1-5H3/t13-/m0/s1. The van der Waals surface area contributed by atoms with E-state index in [4.69, 9.17) is 4.74 Å². The average molecular weight is 262 g/mol. The molecular formula is C15H22N2O2. The van der Waals surface area contributed by atoms with Gasteiger partial charge < -0.3 is 4.74 Å². The van der Waals surface area contributed by atoms with Gasteiger partial charge in [-0.05, 0) is 38.3 Å². The van der Waals surface area contributed by atoms with Gasteiger partial charge in [0.1, 0.15) is 5.60 Å². The molecule has 0 fully saturated rings. The number of hydrogen-bond donors (Lipinski definition) is 0. The first-order valence-corrected chi connectivity index (χ1v) is 6.73. The molecule has 0 unspecified atom stereocenters. The summed E-state index contributed by atoms with van der Waals surface area (Å²) in [5.74, 6) is 0.309. The Morgan fingerprint density at radius 2 is 2.16 bits per heavy atom. The molecule has 0 radical (unpaired) electrons. The number of nitrogens with zero attached hydrogens (tertiary/aromatic N) is 2. The minimum absolute atomic E-state index is 0.00560. The maximum absolute atomic E-state index is 12.3. The Labute approximate surface area is 114 Å². The summed E-state index contributed by atoms with van der Waals surface area (Å²) < 4.78 is 5.49. The molecular weight excluding hydrogens is 240 g/mol. The fraction of sp³-hybridized carbons (Fsp3) is 0.600. The number of amides is 1. The second-order valence-electron chi connectivity index (χ2n) is 6.34. The molecule has 19 heavy (non-hydrogen) atoms. The summed E-state index contributed by atoms with van der Waals surface area (Å²) in [5.41, 5.74) is 1.65. The summed E-state index contributed by atoms with van der Waals surface area (Å²) >= 11 is 0.